The molecule has 10 nitrogen and oxygen atoms in total. The number of para-hydroxylation sites is 4. The van der Waals surface area contributed by atoms with Gasteiger partial charge in [-0.3, -0.25) is 38.8 Å². The number of carbonyl (C=O) groups is 6. The van der Waals surface area contributed by atoms with Gasteiger partial charge >= 0.3 is 0 Å². The molecule has 1 heterocycles. The maximum absolute atomic E-state index is 14.7. The summed E-state index contributed by atoms with van der Waals surface area (Å²) < 4.78 is 0. The zero-order chi connectivity index (χ0) is 43.4. The van der Waals surface area contributed by atoms with Gasteiger partial charge in [-0.05, 0) is 76.2 Å². The molecule has 0 amide bonds. The smallest absolute Gasteiger partial charge is 0.196 e. The molecule has 0 saturated carbocycles. The van der Waals surface area contributed by atoms with Crippen molar-refractivity contribution in [3.8, 4) is 0 Å². The molecule has 10 heteroatoms. The van der Waals surface area contributed by atoms with E-state index in [2.05, 4.69) is 10.6 Å². The van der Waals surface area contributed by atoms with Crippen molar-refractivity contribution in [1.29, 1.82) is 0 Å². The Balaban J connectivity index is 1.15. The van der Waals surface area contributed by atoms with Crippen LogP contribution in [-0.4, -0.2) is 46.1 Å². The topological polar surface area (TPSA) is 151 Å². The highest BCUT2D eigenvalue weighted by atomic mass is 16.2. The van der Waals surface area contributed by atoms with E-state index in [1.165, 1.54) is 24.3 Å². The van der Waals surface area contributed by atoms with Crippen LogP contribution in [0.1, 0.15) is 112 Å². The largest absolute Gasteiger partial charge is 0.357 e. The lowest BCUT2D eigenvalue weighted by atomic mass is 9.82. The predicted octanol–water partition coefficient (Wildman–Crippen LogP) is 10.3. The number of benzene rings is 6. The lowest BCUT2D eigenvalue weighted by Crippen LogP contribution is -2.22. The van der Waals surface area contributed by atoms with E-state index < -0.39 is 11.6 Å². The van der Waals surface area contributed by atoms with Crippen molar-refractivity contribution < 1.29 is 28.8 Å². The van der Waals surface area contributed by atoms with Crippen LogP contribution in [0.3, 0.4) is 0 Å². The van der Waals surface area contributed by atoms with Gasteiger partial charge in [0.2, 0.25) is 0 Å². The first-order valence-electron chi connectivity index (χ1n) is 19.9. The summed E-state index contributed by atoms with van der Waals surface area (Å²) >= 11 is 0. The molecule has 0 unspecified atom stereocenters. The molecule has 300 valence electrons. The number of ketones is 6. The van der Waals surface area contributed by atoms with Gasteiger partial charge in [0.25, 0.3) is 0 Å². The summed E-state index contributed by atoms with van der Waals surface area (Å²) in [6.07, 6.45) is 0. The number of rotatable bonds is 4. The van der Waals surface area contributed by atoms with Crippen molar-refractivity contribution in [3.05, 3.63) is 212 Å². The summed E-state index contributed by atoms with van der Waals surface area (Å²) in [6.45, 7) is 6.94. The number of aliphatic imine (C=N–C) groups is 2. The van der Waals surface area contributed by atoms with Crippen molar-refractivity contribution in [2.75, 3.05) is 10.6 Å². The fourth-order valence-electron chi connectivity index (χ4n) is 8.34. The Labute approximate surface area is 356 Å². The Morgan fingerprint density at radius 3 is 1.06 bits per heavy atom. The summed E-state index contributed by atoms with van der Waals surface area (Å²) in [5, 5.41) is 6.77. The van der Waals surface area contributed by atoms with Crippen molar-refractivity contribution >= 4 is 68.9 Å². The van der Waals surface area contributed by atoms with Crippen LogP contribution in [0.25, 0.3) is 0 Å². The lowest BCUT2D eigenvalue weighted by Gasteiger charge is -2.20. The Morgan fingerprint density at radius 1 is 0.387 bits per heavy atom. The molecule has 0 atom stereocenters. The van der Waals surface area contributed by atoms with E-state index >= 15 is 0 Å². The van der Waals surface area contributed by atoms with Crippen LogP contribution in [0, 0.1) is 0 Å². The molecular formula is C52H36N4O6. The van der Waals surface area contributed by atoms with Crippen molar-refractivity contribution in [2.45, 2.75) is 27.7 Å². The van der Waals surface area contributed by atoms with Gasteiger partial charge in [0.1, 0.15) is 0 Å². The molecule has 2 N–H and O–H groups in total. The van der Waals surface area contributed by atoms with Gasteiger partial charge in [-0.15, -0.1) is 0 Å². The second-order valence-corrected chi connectivity index (χ2v) is 15.3. The van der Waals surface area contributed by atoms with Crippen molar-refractivity contribution in [3.63, 3.8) is 0 Å². The normalized spacial score (nSPS) is 17.0. The summed E-state index contributed by atoms with van der Waals surface area (Å²) in [5.41, 5.74) is 6.37. The van der Waals surface area contributed by atoms with Gasteiger partial charge in [-0.25, -0.2) is 0 Å². The van der Waals surface area contributed by atoms with Gasteiger partial charge in [-0.1, -0.05) is 84.9 Å². The summed E-state index contributed by atoms with van der Waals surface area (Å²) in [4.78, 5) is 93.6. The predicted molar refractivity (Wildman–Crippen MR) is 239 cm³/mol. The van der Waals surface area contributed by atoms with E-state index in [0.29, 0.717) is 56.7 Å². The molecule has 3 aliphatic rings. The Morgan fingerprint density at radius 2 is 0.694 bits per heavy atom. The average Bonchev–Trinajstić information content (AvgIpc) is 3.28. The summed E-state index contributed by atoms with van der Waals surface area (Å²) in [7, 11) is 0. The van der Waals surface area contributed by atoms with Gasteiger partial charge in [0.15, 0.2) is 34.7 Å². The van der Waals surface area contributed by atoms with Gasteiger partial charge in [-0.2, -0.15) is 0 Å². The highest BCUT2D eigenvalue weighted by Crippen LogP contribution is 2.35. The van der Waals surface area contributed by atoms with Gasteiger partial charge in [0.05, 0.1) is 45.3 Å². The number of Topliss-reactive ketones (excluding diaryl/α,β-unsaturated/α-hetero) is 2. The van der Waals surface area contributed by atoms with Crippen LogP contribution >= 0.6 is 0 Å². The number of hydrogen-bond acceptors (Lipinski definition) is 10. The van der Waals surface area contributed by atoms with Gasteiger partial charge < -0.3 is 10.6 Å². The first-order valence-corrected chi connectivity index (χ1v) is 19.9. The first-order chi connectivity index (χ1) is 29.9. The molecule has 2 aliphatic carbocycles. The molecule has 1 aliphatic heterocycles. The molecule has 0 fully saturated rings. The molecule has 0 aromatic heterocycles. The molecule has 6 aromatic carbocycles. The third kappa shape index (κ3) is 6.64. The number of allylic oxidation sites excluding steroid dienone is 4. The molecular weight excluding hydrogens is 777 g/mol. The van der Waals surface area contributed by atoms with Crippen molar-refractivity contribution in [1.82, 2.24) is 0 Å². The van der Waals surface area contributed by atoms with Crippen molar-refractivity contribution in [2.24, 2.45) is 9.98 Å². The summed E-state index contributed by atoms with van der Waals surface area (Å²) in [5.74, 6) is -2.10. The minimum absolute atomic E-state index is 0.152. The number of hydrogen-bond donors (Lipinski definition) is 2. The fraction of sp³-hybridized carbons (Fsp3) is 0.0769. The van der Waals surface area contributed by atoms with Crippen LogP contribution in [0.15, 0.2) is 166 Å². The maximum Gasteiger partial charge on any atom is 0.196 e. The van der Waals surface area contributed by atoms with Crippen LogP contribution in [0.2, 0.25) is 0 Å². The Hall–Kier alpha value is -8.24. The third-order valence-electron chi connectivity index (χ3n) is 11.3. The van der Waals surface area contributed by atoms with E-state index in [9.17, 15) is 28.8 Å². The zero-order valence-electron chi connectivity index (χ0n) is 34.0. The highest BCUT2D eigenvalue weighted by molar-refractivity contribution is 6.33. The van der Waals surface area contributed by atoms with Crippen LogP contribution in [0.5, 0.6) is 0 Å². The Bertz CT molecular complexity index is 2970. The Kier molecular flexibility index (Phi) is 9.75. The van der Waals surface area contributed by atoms with E-state index in [0.717, 1.165) is 0 Å². The lowest BCUT2D eigenvalue weighted by molar-refractivity contribution is 0.0978. The zero-order valence-corrected chi connectivity index (χ0v) is 34.0. The molecule has 0 spiro atoms. The minimum atomic E-state index is -0.425. The van der Waals surface area contributed by atoms with Gasteiger partial charge in [0, 0.05) is 67.0 Å². The highest BCUT2D eigenvalue weighted by Gasteiger charge is 2.33. The summed E-state index contributed by atoms with van der Waals surface area (Å²) in [6, 6.07) is 36.8. The maximum atomic E-state index is 14.7. The molecule has 6 aromatic rings. The second-order valence-electron chi connectivity index (χ2n) is 15.3. The number of fused-ring (bicyclic) bond motifs is 6. The van der Waals surface area contributed by atoms with Crippen LogP contribution < -0.4 is 10.6 Å². The molecule has 9 rings (SSSR count). The first kappa shape index (κ1) is 39.2. The number of carbonyl (C=O) groups excluding carboxylic acids is 6. The van der Waals surface area contributed by atoms with Crippen LogP contribution in [-0.2, 0) is 0 Å². The minimum Gasteiger partial charge on any atom is -0.357 e. The quantitative estimate of drug-likeness (QED) is 0.167. The number of nitrogens with zero attached hydrogens (tertiary/aromatic N) is 2. The number of anilines is 2. The standard InChI is InChI=1S/C52H36N4O6/c1-27-45(47(57)31-21-23-37-39(25-31)51(61)35-15-7-5-13-33(35)49(37)59)28(2)54-43-19-11-12-20-44(43)56-30(4)46(29(3)55-42-18-10-9-17-41(42)53-27)48(58)32-22-24-38-40(26-32)52(62)36-16-8-6-14-34(36)50(38)60/h5-26,53,56H,1-4H3/b45-27+,46-30+,54-28?,55-29?. The number of nitrogens with one attached hydrogen (secondary N) is 2. The van der Waals surface area contributed by atoms with E-state index in [-0.39, 0.29) is 78.8 Å². The monoisotopic (exact) mass is 812 g/mol. The molecule has 0 saturated heterocycles. The second kappa shape index (κ2) is 15.4. The molecule has 0 bridgehead atoms. The van der Waals surface area contributed by atoms with E-state index in [1.54, 1.807) is 125 Å². The third-order valence-corrected chi connectivity index (χ3v) is 11.3. The fourth-order valence-corrected chi connectivity index (χ4v) is 8.34. The SMILES string of the molecule is CC1=Nc2ccccc2N/C(C)=C(/C(=O)c2ccc3c(c2)C(=O)c2ccccc2C3=O)C(C)=Nc2ccccc2N/C(C)=C\1C(=O)c1ccc2c(c1)C(=O)c1ccccc1C2=O. The average molecular weight is 813 g/mol. The van der Waals surface area contributed by atoms with E-state index in [4.69, 9.17) is 9.98 Å². The molecule has 0 radical (unpaired) electrons. The molecule has 62 heavy (non-hydrogen) atoms. The van der Waals surface area contributed by atoms with Crippen LogP contribution in [0.4, 0.5) is 22.7 Å². The van der Waals surface area contributed by atoms with E-state index in [1.807, 2.05) is 12.1 Å².